The SMILES string of the molecule is C=C(/C=C(/NCc1cccc(N)c1)n1ncc(PC)c1C)c1ccccc1C. The summed E-state index contributed by atoms with van der Waals surface area (Å²) in [6.07, 6.45) is 4.01. The molecule has 0 aliphatic heterocycles. The monoisotopic (exact) mass is 390 g/mol. The van der Waals surface area contributed by atoms with E-state index in [0.717, 1.165) is 33.9 Å². The molecule has 3 aromatic rings. The lowest BCUT2D eigenvalue weighted by Crippen LogP contribution is -2.20. The van der Waals surface area contributed by atoms with Gasteiger partial charge in [-0.25, -0.2) is 4.68 Å². The smallest absolute Gasteiger partial charge is 0.128 e. The molecule has 0 aliphatic rings. The summed E-state index contributed by atoms with van der Waals surface area (Å²) in [5.41, 5.74) is 12.2. The Labute approximate surface area is 168 Å². The Morgan fingerprint density at radius 2 is 2.00 bits per heavy atom. The molecule has 0 saturated heterocycles. The van der Waals surface area contributed by atoms with Crippen molar-refractivity contribution in [3.8, 4) is 0 Å². The van der Waals surface area contributed by atoms with Crippen LogP contribution in [0.1, 0.15) is 22.4 Å². The second-order valence-corrected chi connectivity index (χ2v) is 7.81. The van der Waals surface area contributed by atoms with E-state index in [4.69, 9.17) is 5.73 Å². The van der Waals surface area contributed by atoms with E-state index in [1.165, 1.54) is 10.9 Å². The van der Waals surface area contributed by atoms with E-state index in [9.17, 15) is 0 Å². The van der Waals surface area contributed by atoms with Gasteiger partial charge in [0, 0.05) is 17.5 Å². The number of anilines is 1. The third-order valence-corrected chi connectivity index (χ3v) is 5.76. The lowest BCUT2D eigenvalue weighted by atomic mass is 10.0. The summed E-state index contributed by atoms with van der Waals surface area (Å²) in [6.45, 7) is 11.3. The molecule has 0 spiro atoms. The van der Waals surface area contributed by atoms with Gasteiger partial charge in [0.2, 0.25) is 0 Å². The van der Waals surface area contributed by atoms with Gasteiger partial charge in [0.05, 0.1) is 11.9 Å². The molecule has 1 atom stereocenters. The Hall–Kier alpha value is -2.84. The largest absolute Gasteiger partial charge is 0.399 e. The minimum atomic E-state index is 0.654. The van der Waals surface area contributed by atoms with Crippen LogP contribution in [0.5, 0.6) is 0 Å². The summed E-state index contributed by atoms with van der Waals surface area (Å²) in [6, 6.07) is 16.2. The van der Waals surface area contributed by atoms with Crippen LogP contribution in [0.15, 0.2) is 67.4 Å². The molecule has 3 rings (SSSR count). The molecule has 1 unspecified atom stereocenters. The second-order valence-electron chi connectivity index (χ2n) is 6.77. The molecule has 0 fully saturated rings. The first kappa shape index (κ1) is 19.9. The van der Waals surface area contributed by atoms with Crippen LogP contribution in [0.25, 0.3) is 11.4 Å². The van der Waals surface area contributed by atoms with E-state index >= 15 is 0 Å². The van der Waals surface area contributed by atoms with Gasteiger partial charge >= 0.3 is 0 Å². The zero-order chi connectivity index (χ0) is 20.1. The van der Waals surface area contributed by atoms with E-state index < -0.39 is 0 Å². The van der Waals surface area contributed by atoms with Gasteiger partial charge in [-0.1, -0.05) is 51.6 Å². The summed E-state index contributed by atoms with van der Waals surface area (Å²) in [7, 11) is 0.705. The molecule has 4 nitrogen and oxygen atoms in total. The quantitative estimate of drug-likeness (QED) is 0.359. The summed E-state index contributed by atoms with van der Waals surface area (Å²) in [4.78, 5) is 0. The topological polar surface area (TPSA) is 55.9 Å². The van der Waals surface area contributed by atoms with Crippen LogP contribution in [-0.4, -0.2) is 16.4 Å². The molecule has 0 aliphatic carbocycles. The highest BCUT2D eigenvalue weighted by Gasteiger charge is 2.11. The predicted octanol–water partition coefficient (Wildman–Crippen LogP) is 4.32. The van der Waals surface area contributed by atoms with E-state index in [1.54, 1.807) is 0 Å². The van der Waals surface area contributed by atoms with E-state index in [0.29, 0.717) is 15.1 Å². The summed E-state index contributed by atoms with van der Waals surface area (Å²) in [5, 5.41) is 9.40. The molecular formula is C23H27N4P. The Kier molecular flexibility index (Phi) is 6.33. The van der Waals surface area contributed by atoms with E-state index in [-0.39, 0.29) is 0 Å². The fourth-order valence-corrected chi connectivity index (χ4v) is 3.81. The normalized spacial score (nSPS) is 11.9. The summed E-state index contributed by atoms with van der Waals surface area (Å²) >= 11 is 0. The lowest BCUT2D eigenvalue weighted by molar-refractivity contribution is 0.757. The Bertz CT molecular complexity index is 1020. The zero-order valence-corrected chi connectivity index (χ0v) is 17.7. The van der Waals surface area contributed by atoms with Crippen molar-refractivity contribution in [2.24, 2.45) is 0 Å². The molecule has 1 aromatic heterocycles. The van der Waals surface area contributed by atoms with Crippen LogP contribution in [-0.2, 0) is 6.54 Å². The number of nitrogens with zero attached hydrogens (tertiary/aromatic N) is 2. The van der Waals surface area contributed by atoms with Crippen molar-refractivity contribution in [3.05, 3.63) is 89.8 Å². The maximum atomic E-state index is 5.92. The lowest BCUT2D eigenvalue weighted by Gasteiger charge is -2.15. The molecule has 0 radical (unpaired) electrons. The minimum Gasteiger partial charge on any atom is -0.399 e. The Morgan fingerprint density at radius 1 is 1.21 bits per heavy atom. The van der Waals surface area contributed by atoms with Crippen LogP contribution in [0, 0.1) is 13.8 Å². The van der Waals surface area contributed by atoms with E-state index in [2.05, 4.69) is 61.8 Å². The van der Waals surface area contributed by atoms with Crippen LogP contribution in [0.2, 0.25) is 0 Å². The van der Waals surface area contributed by atoms with Crippen molar-refractivity contribution >= 4 is 31.0 Å². The van der Waals surface area contributed by atoms with Gasteiger partial charge in [-0.15, -0.1) is 0 Å². The first-order valence-electron chi connectivity index (χ1n) is 9.27. The number of rotatable bonds is 7. The molecule has 1 heterocycles. The number of nitrogen functional groups attached to an aromatic ring is 1. The average Bonchev–Trinajstić information content (AvgIpc) is 3.06. The Balaban J connectivity index is 1.95. The highest BCUT2D eigenvalue weighted by atomic mass is 31.1. The fourth-order valence-electron chi connectivity index (χ4n) is 3.16. The average molecular weight is 390 g/mol. The number of allylic oxidation sites excluding steroid dienone is 2. The first-order valence-corrected chi connectivity index (χ1v) is 10.8. The summed E-state index contributed by atoms with van der Waals surface area (Å²) in [5.74, 6) is 0.901. The van der Waals surface area contributed by atoms with E-state index in [1.807, 2.05) is 41.2 Å². The van der Waals surface area contributed by atoms with Crippen LogP contribution >= 0.6 is 8.58 Å². The molecule has 144 valence electrons. The fraction of sp³-hybridized carbons (Fsp3) is 0.174. The van der Waals surface area contributed by atoms with Gasteiger partial charge in [0.15, 0.2) is 0 Å². The first-order chi connectivity index (χ1) is 13.5. The number of aryl methyl sites for hydroxylation is 1. The van der Waals surface area contributed by atoms with Crippen molar-refractivity contribution in [3.63, 3.8) is 0 Å². The summed E-state index contributed by atoms with van der Waals surface area (Å²) < 4.78 is 1.96. The molecule has 0 bridgehead atoms. The standard InChI is InChI=1S/C23H27N4P/c1-16-8-5-6-11-21(16)17(2)12-23(27-18(3)22(28-4)15-26-27)25-14-19-9-7-10-20(24)13-19/h5-13,15,25,28H,2,14,24H2,1,3-4H3/b23-12-. The van der Waals surface area contributed by atoms with Gasteiger partial charge < -0.3 is 11.1 Å². The predicted molar refractivity (Wildman–Crippen MR) is 123 cm³/mol. The number of nitrogens with one attached hydrogen (secondary N) is 1. The molecule has 0 saturated carbocycles. The van der Waals surface area contributed by atoms with Crippen LogP contribution in [0.3, 0.4) is 0 Å². The van der Waals surface area contributed by atoms with Gasteiger partial charge in [-0.3, -0.25) is 0 Å². The van der Waals surface area contributed by atoms with Gasteiger partial charge in [-0.2, -0.15) is 5.10 Å². The number of hydrogen-bond acceptors (Lipinski definition) is 3. The number of hydrogen-bond donors (Lipinski definition) is 2. The van der Waals surface area contributed by atoms with Crippen molar-refractivity contribution in [1.82, 2.24) is 15.1 Å². The third kappa shape index (κ3) is 4.52. The number of nitrogens with two attached hydrogens (primary N) is 1. The van der Waals surface area contributed by atoms with Crippen LogP contribution in [0.4, 0.5) is 5.69 Å². The number of benzene rings is 2. The molecule has 3 N–H and O–H groups in total. The van der Waals surface area contributed by atoms with Crippen molar-refractivity contribution < 1.29 is 0 Å². The second kappa shape index (κ2) is 8.90. The third-order valence-electron chi connectivity index (χ3n) is 4.73. The van der Waals surface area contributed by atoms with Crippen molar-refractivity contribution in [2.75, 3.05) is 12.4 Å². The molecular weight excluding hydrogens is 363 g/mol. The van der Waals surface area contributed by atoms with Gasteiger partial charge in [0.25, 0.3) is 0 Å². The maximum Gasteiger partial charge on any atom is 0.128 e. The van der Waals surface area contributed by atoms with Gasteiger partial charge in [0.1, 0.15) is 5.82 Å². The number of aromatic nitrogens is 2. The highest BCUT2D eigenvalue weighted by molar-refractivity contribution is 7.46. The highest BCUT2D eigenvalue weighted by Crippen LogP contribution is 2.21. The maximum absolute atomic E-state index is 5.92. The molecule has 5 heteroatoms. The van der Waals surface area contributed by atoms with Gasteiger partial charge in [-0.05, 0) is 61.0 Å². The van der Waals surface area contributed by atoms with Crippen LogP contribution < -0.4 is 16.4 Å². The molecule has 0 amide bonds. The minimum absolute atomic E-state index is 0.654. The van der Waals surface area contributed by atoms with Crippen molar-refractivity contribution in [1.29, 1.82) is 0 Å². The Morgan fingerprint density at radius 3 is 2.68 bits per heavy atom. The zero-order valence-electron chi connectivity index (χ0n) is 16.7. The molecule has 2 aromatic carbocycles. The van der Waals surface area contributed by atoms with Crippen molar-refractivity contribution in [2.45, 2.75) is 20.4 Å². The molecule has 28 heavy (non-hydrogen) atoms.